The number of hydrogen-bond acceptors (Lipinski definition) is 9. The lowest BCUT2D eigenvalue weighted by atomic mass is 9.91. The van der Waals surface area contributed by atoms with Gasteiger partial charge >= 0.3 is 11.9 Å². The van der Waals surface area contributed by atoms with Gasteiger partial charge in [0.2, 0.25) is 5.79 Å². The molecule has 0 aliphatic carbocycles. The van der Waals surface area contributed by atoms with Gasteiger partial charge in [-0.1, -0.05) is 173 Å². The second-order valence-corrected chi connectivity index (χ2v) is 21.1. The number of nitrogens with zero attached hydrogens (tertiary/aromatic N) is 3. The smallest absolute Gasteiger partial charge is 0.342 e. The molecule has 8 aromatic carbocycles. The number of H-pyrrole nitrogens is 1. The van der Waals surface area contributed by atoms with Crippen LogP contribution in [0.2, 0.25) is 5.15 Å². The number of carboxylic acids is 1. The summed E-state index contributed by atoms with van der Waals surface area (Å²) in [4.78, 5) is 45.7. The van der Waals surface area contributed by atoms with Crippen LogP contribution in [0.15, 0.2) is 199 Å². The number of aliphatic hydroxyl groups is 1. The SMILES string of the molecule is CC(Br)C(=O)c1ccccc1.CC1(O)OC(=O)C(c2c(F)cccc2F)=C1c1ccccc1.Cc1n[nH]c(=O)c(-c2c(F)cccc2F)c1-c1ccccc1.Cc1nnc(Cl)c(-c2c(F)cccc2F)c1-c1ccccc1.O=C(O)Cc1c(F)cccc1F. The summed E-state index contributed by atoms with van der Waals surface area (Å²) in [7, 11) is 0. The zero-order valence-electron chi connectivity index (χ0n) is 47.3. The maximum absolute atomic E-state index is 14.2. The molecule has 0 saturated heterocycles. The maximum Gasteiger partial charge on any atom is 0.342 e. The first-order chi connectivity index (χ1) is 42.4. The van der Waals surface area contributed by atoms with Gasteiger partial charge in [0.05, 0.1) is 50.5 Å². The van der Waals surface area contributed by atoms with Gasteiger partial charge in [-0.25, -0.2) is 45.0 Å². The maximum atomic E-state index is 14.2. The van der Waals surface area contributed by atoms with E-state index in [4.69, 9.17) is 21.4 Å². The Morgan fingerprint density at radius 1 is 0.528 bits per heavy atom. The Balaban J connectivity index is 0.000000163. The topological polar surface area (TPSA) is 172 Å². The van der Waals surface area contributed by atoms with E-state index in [0.717, 1.165) is 47.5 Å². The number of cyclic esters (lactones) is 1. The number of aromatic amines is 1. The predicted molar refractivity (Wildman–Crippen MR) is 326 cm³/mol. The fourth-order valence-corrected chi connectivity index (χ4v) is 9.67. The van der Waals surface area contributed by atoms with Crippen LogP contribution in [0.3, 0.4) is 0 Å². The average molecular weight is 1300 g/mol. The third-order valence-corrected chi connectivity index (χ3v) is 13.8. The van der Waals surface area contributed by atoms with E-state index in [1.54, 1.807) is 68.4 Å². The summed E-state index contributed by atoms with van der Waals surface area (Å²) in [5.41, 5.74) is 2.56. The van der Waals surface area contributed by atoms with Gasteiger partial charge in [-0.15, -0.1) is 5.10 Å². The lowest BCUT2D eigenvalue weighted by Gasteiger charge is -2.19. The molecule has 0 spiro atoms. The summed E-state index contributed by atoms with van der Waals surface area (Å²) in [5.74, 6) is -10.4. The number of nitrogens with one attached hydrogen (secondary N) is 1. The second kappa shape index (κ2) is 30.2. The number of carbonyl (C=O) groups excluding carboxylic acids is 2. The Hall–Kier alpha value is -9.76. The van der Waals surface area contributed by atoms with Crippen molar-refractivity contribution in [3.8, 4) is 44.5 Å². The summed E-state index contributed by atoms with van der Waals surface area (Å²) in [6.45, 7) is 6.50. The van der Waals surface area contributed by atoms with Crippen molar-refractivity contribution in [3.63, 3.8) is 0 Å². The first-order valence-corrected chi connectivity index (χ1v) is 27.9. The van der Waals surface area contributed by atoms with Crippen LogP contribution in [-0.2, 0) is 20.7 Å². The molecule has 2 aromatic heterocycles. The number of rotatable bonds is 10. The van der Waals surface area contributed by atoms with Crippen LogP contribution in [0.5, 0.6) is 0 Å². The van der Waals surface area contributed by atoms with Crippen molar-refractivity contribution in [3.05, 3.63) is 290 Å². The van der Waals surface area contributed by atoms with E-state index in [1.165, 1.54) is 43.3 Å². The van der Waals surface area contributed by atoms with E-state index >= 15 is 0 Å². The molecule has 2 atom stereocenters. The molecular weight excluding hydrogens is 1250 g/mol. The van der Waals surface area contributed by atoms with Crippen molar-refractivity contribution in [2.24, 2.45) is 0 Å². The van der Waals surface area contributed by atoms with E-state index in [9.17, 15) is 59.4 Å². The molecule has 10 aromatic rings. The Morgan fingerprint density at radius 3 is 1.34 bits per heavy atom. The van der Waals surface area contributed by atoms with Crippen LogP contribution in [0.1, 0.15) is 52.3 Å². The molecule has 11 rings (SSSR count). The minimum atomic E-state index is -1.96. The number of benzene rings is 8. The summed E-state index contributed by atoms with van der Waals surface area (Å²) < 4.78 is 115. The van der Waals surface area contributed by atoms with Crippen molar-refractivity contribution in [2.75, 3.05) is 0 Å². The number of Topliss-reactive ketones (excluding diaryl/α,β-unsaturated/α-hetero) is 1. The van der Waals surface area contributed by atoms with Crippen LogP contribution in [-0.4, -0.2) is 58.9 Å². The Labute approximate surface area is 517 Å². The average Bonchev–Trinajstić information content (AvgIpc) is 1.79. The molecular formula is C68H50BrClF8N4O7. The molecule has 454 valence electrons. The quantitative estimate of drug-likeness (QED) is 0.0518. The van der Waals surface area contributed by atoms with Crippen LogP contribution in [0.25, 0.3) is 55.7 Å². The van der Waals surface area contributed by atoms with Crippen LogP contribution in [0, 0.1) is 60.4 Å². The van der Waals surface area contributed by atoms with Gasteiger partial charge in [0.15, 0.2) is 10.9 Å². The van der Waals surface area contributed by atoms with E-state index in [1.807, 2.05) is 73.7 Å². The number of aromatic nitrogens is 4. The Morgan fingerprint density at radius 2 is 0.910 bits per heavy atom. The zero-order valence-corrected chi connectivity index (χ0v) is 49.7. The lowest BCUT2D eigenvalue weighted by molar-refractivity contribution is -0.169. The highest BCUT2D eigenvalue weighted by Gasteiger charge is 2.45. The van der Waals surface area contributed by atoms with Crippen molar-refractivity contribution in [1.82, 2.24) is 20.4 Å². The van der Waals surface area contributed by atoms with Gasteiger partial charge in [-0.05, 0) is 86.0 Å². The number of ketones is 1. The number of halogens is 10. The molecule has 0 radical (unpaired) electrons. The number of aliphatic carboxylic acids is 1. The zero-order chi connectivity index (χ0) is 64.7. The molecule has 0 bridgehead atoms. The number of aryl methyl sites for hydroxylation is 2. The minimum absolute atomic E-state index is 0.0338. The number of hydrogen-bond donors (Lipinski definition) is 3. The van der Waals surface area contributed by atoms with E-state index < -0.39 is 87.4 Å². The largest absolute Gasteiger partial charge is 0.481 e. The van der Waals surface area contributed by atoms with Gasteiger partial charge in [-0.2, -0.15) is 10.2 Å². The Kier molecular flexibility index (Phi) is 22.7. The highest BCUT2D eigenvalue weighted by Crippen LogP contribution is 2.44. The number of esters is 1. The van der Waals surface area contributed by atoms with E-state index in [-0.39, 0.29) is 49.2 Å². The molecule has 1 aliphatic heterocycles. The van der Waals surface area contributed by atoms with Gasteiger partial charge in [-0.3, -0.25) is 14.4 Å². The highest BCUT2D eigenvalue weighted by atomic mass is 79.9. The molecule has 0 fully saturated rings. The molecule has 3 heterocycles. The van der Waals surface area contributed by atoms with E-state index in [0.29, 0.717) is 33.6 Å². The third kappa shape index (κ3) is 16.3. The molecule has 89 heavy (non-hydrogen) atoms. The first-order valence-electron chi connectivity index (χ1n) is 26.6. The van der Waals surface area contributed by atoms with Crippen molar-refractivity contribution < 1.29 is 64.5 Å². The van der Waals surface area contributed by atoms with Gasteiger partial charge < -0.3 is 14.9 Å². The lowest BCUT2D eigenvalue weighted by Crippen LogP contribution is -2.26. The number of carbonyl (C=O) groups is 3. The van der Waals surface area contributed by atoms with Crippen LogP contribution >= 0.6 is 27.5 Å². The van der Waals surface area contributed by atoms with Crippen LogP contribution in [0.4, 0.5) is 35.1 Å². The van der Waals surface area contributed by atoms with Crippen molar-refractivity contribution in [2.45, 2.75) is 44.7 Å². The minimum Gasteiger partial charge on any atom is -0.481 e. The number of ether oxygens (including phenoxy) is 1. The van der Waals surface area contributed by atoms with Crippen LogP contribution < -0.4 is 5.56 Å². The first kappa shape index (κ1) is 66.8. The third-order valence-electron chi connectivity index (χ3n) is 13.1. The monoisotopic (exact) mass is 1300 g/mol. The molecule has 3 N–H and O–H groups in total. The summed E-state index contributed by atoms with van der Waals surface area (Å²) in [6.07, 6.45) is -0.626. The van der Waals surface area contributed by atoms with Crippen molar-refractivity contribution >= 4 is 56.4 Å². The van der Waals surface area contributed by atoms with Gasteiger partial charge in [0.1, 0.15) is 46.5 Å². The summed E-state index contributed by atoms with van der Waals surface area (Å²) in [6, 6.07) is 49.6. The fourth-order valence-electron chi connectivity index (χ4n) is 9.18. The highest BCUT2D eigenvalue weighted by molar-refractivity contribution is 9.10. The molecule has 2 unspecified atom stereocenters. The Bertz CT molecular complexity index is 4200. The van der Waals surface area contributed by atoms with Gasteiger partial charge in [0, 0.05) is 40.3 Å². The second-order valence-electron chi connectivity index (χ2n) is 19.3. The summed E-state index contributed by atoms with van der Waals surface area (Å²) >= 11 is 9.35. The molecule has 21 heteroatoms. The molecule has 11 nitrogen and oxygen atoms in total. The summed E-state index contributed by atoms with van der Waals surface area (Å²) in [5, 5.41) is 32.6. The fraction of sp³-hybridized carbons (Fsp3) is 0.103. The molecule has 0 amide bonds. The normalized spacial score (nSPS) is 13.4. The molecule has 1 aliphatic rings. The van der Waals surface area contributed by atoms with Gasteiger partial charge in [0.25, 0.3) is 5.56 Å². The van der Waals surface area contributed by atoms with E-state index in [2.05, 4.69) is 36.3 Å². The van der Waals surface area contributed by atoms with Crippen molar-refractivity contribution in [1.29, 1.82) is 0 Å². The standard InChI is InChI=1S/C17H11ClF2N2.C17H12F2N2O.C17H12F2O3.C9H9BrO.C8H6F2O2/c1-10-14(11-6-3-2-4-7-11)16(17(18)22-21-10)15-12(19)8-5-9-13(15)20;1-10-14(11-6-3-2-4-7-11)16(17(22)21-20-10)15-12(18)8-5-9-13(15)19;1-17(21)15(10-6-3-2-4-7-10)14(16(20)22-17)13-11(18)8-5-9-12(13)19;1-7(10)9(11)8-5-3-2-4-6-8;9-6-2-1-3-7(10)5(6)4-8(11)12/h2-9H,1H3;2-9H,1H3,(H,21,22);2-9,21H,1H3;2-7H,1H3;1-3H,4H2,(H,11,12). The number of alkyl halides is 1. The number of carboxylic acid groups (broad SMARTS) is 1. The molecule has 0 saturated carbocycles. The predicted octanol–water partition coefficient (Wildman–Crippen LogP) is 16.1.